The summed E-state index contributed by atoms with van der Waals surface area (Å²) in [6.45, 7) is 0.245. The van der Waals surface area contributed by atoms with Crippen LogP contribution in [0.4, 0.5) is 9.52 Å². The van der Waals surface area contributed by atoms with Crippen molar-refractivity contribution >= 4 is 42.1 Å². The molecule has 1 saturated heterocycles. The molecule has 9 heteroatoms. The summed E-state index contributed by atoms with van der Waals surface area (Å²) in [5, 5.41) is 2.11. The van der Waals surface area contributed by atoms with Gasteiger partial charge in [0.05, 0.1) is 11.4 Å². The van der Waals surface area contributed by atoms with Gasteiger partial charge in [-0.05, 0) is 12.1 Å². The van der Waals surface area contributed by atoms with Crippen molar-refractivity contribution in [1.82, 2.24) is 4.98 Å². The van der Waals surface area contributed by atoms with Gasteiger partial charge in [-0.15, -0.1) is 11.3 Å². The highest BCUT2D eigenvalue weighted by molar-refractivity contribution is 8.13. The maximum atomic E-state index is 13.8. The molecular formula is C14H12ClFN2O3S2. The maximum absolute atomic E-state index is 13.8. The van der Waals surface area contributed by atoms with E-state index in [9.17, 15) is 17.6 Å². The minimum absolute atomic E-state index is 0.112. The van der Waals surface area contributed by atoms with Gasteiger partial charge >= 0.3 is 0 Å². The summed E-state index contributed by atoms with van der Waals surface area (Å²) >= 11 is 1.22. The molecular weight excluding hydrogens is 363 g/mol. The van der Waals surface area contributed by atoms with Crippen LogP contribution >= 0.6 is 22.0 Å². The lowest BCUT2D eigenvalue weighted by Crippen LogP contribution is -2.25. The Labute approximate surface area is 141 Å². The molecule has 1 aliphatic rings. The largest absolute Gasteiger partial charge is 0.288 e. The maximum Gasteiger partial charge on any atom is 0.232 e. The van der Waals surface area contributed by atoms with Gasteiger partial charge in [-0.1, -0.05) is 12.1 Å². The first-order valence-electron chi connectivity index (χ1n) is 6.76. The smallest absolute Gasteiger partial charge is 0.232 e. The fourth-order valence-electron chi connectivity index (χ4n) is 2.54. The molecule has 1 unspecified atom stereocenters. The number of anilines is 1. The average Bonchev–Trinajstić information content (AvgIpc) is 3.04. The van der Waals surface area contributed by atoms with Crippen LogP contribution in [-0.4, -0.2) is 31.6 Å². The zero-order valence-electron chi connectivity index (χ0n) is 11.8. The summed E-state index contributed by atoms with van der Waals surface area (Å²) < 4.78 is 36.1. The monoisotopic (exact) mass is 374 g/mol. The van der Waals surface area contributed by atoms with Gasteiger partial charge < -0.3 is 0 Å². The van der Waals surface area contributed by atoms with Crippen molar-refractivity contribution in [2.45, 2.75) is 6.42 Å². The van der Waals surface area contributed by atoms with Crippen LogP contribution in [0.2, 0.25) is 0 Å². The second-order valence-corrected chi connectivity index (χ2v) is 8.93. The molecule has 5 nitrogen and oxygen atoms in total. The molecule has 0 N–H and O–H groups in total. The van der Waals surface area contributed by atoms with Crippen LogP contribution in [0.15, 0.2) is 29.6 Å². The van der Waals surface area contributed by atoms with Crippen LogP contribution < -0.4 is 4.90 Å². The molecule has 23 heavy (non-hydrogen) atoms. The van der Waals surface area contributed by atoms with Gasteiger partial charge in [-0.2, -0.15) is 0 Å². The van der Waals surface area contributed by atoms with Gasteiger partial charge in [-0.3, -0.25) is 9.69 Å². The minimum atomic E-state index is -3.65. The quantitative estimate of drug-likeness (QED) is 0.772. The van der Waals surface area contributed by atoms with E-state index < -0.39 is 9.05 Å². The standard InChI is InChI=1S/C14H12ClFN2O3S2/c15-23(20,21)8-9-5-13(19)18(6-9)14-17-12(7-22-14)10-3-1-2-4-11(10)16/h1-4,7,9H,5-6,8H2. The van der Waals surface area contributed by atoms with E-state index in [0.29, 0.717) is 16.4 Å². The molecule has 0 aliphatic carbocycles. The van der Waals surface area contributed by atoms with E-state index >= 15 is 0 Å². The second-order valence-electron chi connectivity index (χ2n) is 5.28. The number of hydrogen-bond donors (Lipinski definition) is 0. The molecule has 1 amide bonds. The predicted octanol–water partition coefficient (Wildman–Crippen LogP) is 2.87. The van der Waals surface area contributed by atoms with E-state index in [1.54, 1.807) is 23.6 Å². The van der Waals surface area contributed by atoms with Crippen molar-refractivity contribution in [2.75, 3.05) is 17.2 Å². The van der Waals surface area contributed by atoms with Crippen molar-refractivity contribution in [2.24, 2.45) is 5.92 Å². The second kappa shape index (κ2) is 6.18. The van der Waals surface area contributed by atoms with E-state index in [4.69, 9.17) is 10.7 Å². The van der Waals surface area contributed by atoms with Crippen molar-refractivity contribution < 1.29 is 17.6 Å². The number of benzene rings is 1. The van der Waals surface area contributed by atoms with E-state index in [-0.39, 0.29) is 36.4 Å². The number of rotatable bonds is 4. The zero-order chi connectivity index (χ0) is 16.6. The van der Waals surface area contributed by atoms with Crippen molar-refractivity contribution in [1.29, 1.82) is 0 Å². The summed E-state index contributed by atoms with van der Waals surface area (Å²) in [6.07, 6.45) is 0.112. The third kappa shape index (κ3) is 3.70. The summed E-state index contributed by atoms with van der Waals surface area (Å²) in [6, 6.07) is 6.26. The first-order chi connectivity index (χ1) is 10.8. The normalized spacial score (nSPS) is 18.6. The molecule has 1 aromatic heterocycles. The van der Waals surface area contributed by atoms with E-state index in [2.05, 4.69) is 4.98 Å². The Balaban J connectivity index is 1.81. The number of aromatic nitrogens is 1. The number of thiazole rings is 1. The van der Waals surface area contributed by atoms with Gasteiger partial charge in [-0.25, -0.2) is 17.8 Å². The summed E-state index contributed by atoms with van der Waals surface area (Å²) in [7, 11) is 1.59. The molecule has 1 aliphatic heterocycles. The fourth-order valence-corrected chi connectivity index (χ4v) is 4.71. The molecule has 0 radical (unpaired) electrons. The lowest BCUT2D eigenvalue weighted by molar-refractivity contribution is -0.117. The Kier molecular flexibility index (Phi) is 4.39. The van der Waals surface area contributed by atoms with Crippen LogP contribution in [0, 0.1) is 11.7 Å². The Morgan fingerprint density at radius 1 is 1.39 bits per heavy atom. The summed E-state index contributed by atoms with van der Waals surface area (Å²) in [4.78, 5) is 17.8. The van der Waals surface area contributed by atoms with Gasteiger partial charge in [0.2, 0.25) is 15.0 Å². The van der Waals surface area contributed by atoms with Gasteiger partial charge in [0.15, 0.2) is 5.13 Å². The third-order valence-electron chi connectivity index (χ3n) is 3.51. The molecule has 122 valence electrons. The van der Waals surface area contributed by atoms with Crippen molar-refractivity contribution in [3.8, 4) is 11.3 Å². The van der Waals surface area contributed by atoms with E-state index in [1.807, 2.05) is 0 Å². The van der Waals surface area contributed by atoms with Crippen LogP contribution in [-0.2, 0) is 13.8 Å². The molecule has 0 saturated carbocycles. The van der Waals surface area contributed by atoms with Gasteiger partial charge in [0.1, 0.15) is 5.82 Å². The summed E-state index contributed by atoms with van der Waals surface area (Å²) in [5.41, 5.74) is 0.811. The Morgan fingerprint density at radius 2 is 2.13 bits per heavy atom. The number of amides is 1. The van der Waals surface area contributed by atoms with Gasteiger partial charge in [0.25, 0.3) is 0 Å². The molecule has 3 rings (SSSR count). The number of halogens is 2. The van der Waals surface area contributed by atoms with Crippen molar-refractivity contribution in [3.63, 3.8) is 0 Å². The highest BCUT2D eigenvalue weighted by atomic mass is 35.7. The van der Waals surface area contributed by atoms with Crippen LogP contribution in [0.5, 0.6) is 0 Å². The lowest BCUT2D eigenvalue weighted by atomic mass is 10.1. The lowest BCUT2D eigenvalue weighted by Gasteiger charge is -2.12. The highest BCUT2D eigenvalue weighted by Gasteiger charge is 2.34. The SMILES string of the molecule is O=C1CC(CS(=O)(=O)Cl)CN1c1nc(-c2ccccc2F)cs1. The zero-order valence-corrected chi connectivity index (χ0v) is 14.2. The molecule has 0 bridgehead atoms. The molecule has 2 aromatic rings. The first-order valence-corrected chi connectivity index (χ1v) is 10.1. The molecule has 1 fully saturated rings. The minimum Gasteiger partial charge on any atom is -0.288 e. The average molecular weight is 375 g/mol. The van der Waals surface area contributed by atoms with Crippen molar-refractivity contribution in [3.05, 3.63) is 35.5 Å². The number of carbonyl (C=O) groups excluding carboxylic acids is 1. The summed E-state index contributed by atoms with van der Waals surface area (Å²) in [5.74, 6) is -1.19. The number of nitrogens with zero attached hydrogens (tertiary/aromatic N) is 2. The topological polar surface area (TPSA) is 67.3 Å². The predicted molar refractivity (Wildman–Crippen MR) is 87.6 cm³/mol. The number of carbonyl (C=O) groups is 1. The van der Waals surface area contributed by atoms with E-state index in [0.717, 1.165) is 0 Å². The van der Waals surface area contributed by atoms with Crippen LogP contribution in [0.1, 0.15) is 6.42 Å². The first kappa shape index (κ1) is 16.4. The van der Waals surface area contributed by atoms with Crippen LogP contribution in [0.25, 0.3) is 11.3 Å². The highest BCUT2D eigenvalue weighted by Crippen LogP contribution is 2.32. The molecule has 0 spiro atoms. The van der Waals surface area contributed by atoms with Crippen LogP contribution in [0.3, 0.4) is 0 Å². The molecule has 1 aromatic carbocycles. The van der Waals surface area contributed by atoms with E-state index in [1.165, 1.54) is 22.3 Å². The number of hydrogen-bond acceptors (Lipinski definition) is 5. The Hall–Kier alpha value is -1.51. The molecule has 1 atom stereocenters. The third-order valence-corrected chi connectivity index (χ3v) is 5.62. The molecule has 2 heterocycles. The Bertz CT molecular complexity index is 853. The fraction of sp³-hybridized carbons (Fsp3) is 0.286. The van der Waals surface area contributed by atoms with Gasteiger partial charge in [0, 0.05) is 40.5 Å². The Morgan fingerprint density at radius 3 is 2.83 bits per heavy atom.